The van der Waals surface area contributed by atoms with Crippen LogP contribution in [-0.4, -0.2) is 47.9 Å². The van der Waals surface area contributed by atoms with Crippen molar-refractivity contribution >= 4 is 21.6 Å². The molecule has 5 nitrogen and oxygen atoms in total. The SMILES string of the molecule is CN1CCC(N(C)Cc2cc([N+](=O)[O-])ccc2Br)CC1. The number of halogens is 1. The van der Waals surface area contributed by atoms with Crippen LogP contribution >= 0.6 is 15.9 Å². The van der Waals surface area contributed by atoms with Gasteiger partial charge in [0.25, 0.3) is 5.69 Å². The van der Waals surface area contributed by atoms with E-state index >= 15 is 0 Å². The molecule has 2 rings (SSSR count). The Labute approximate surface area is 127 Å². The fraction of sp³-hybridized carbons (Fsp3) is 0.571. The Morgan fingerprint density at radius 3 is 2.70 bits per heavy atom. The Morgan fingerprint density at radius 2 is 2.10 bits per heavy atom. The summed E-state index contributed by atoms with van der Waals surface area (Å²) in [4.78, 5) is 15.2. The number of nitro benzene ring substituents is 1. The molecule has 1 aliphatic heterocycles. The number of benzene rings is 1. The molecule has 0 amide bonds. The Balaban J connectivity index is 2.05. The van der Waals surface area contributed by atoms with Crippen LogP contribution in [0.5, 0.6) is 0 Å². The molecule has 0 radical (unpaired) electrons. The van der Waals surface area contributed by atoms with E-state index in [1.54, 1.807) is 12.1 Å². The maximum atomic E-state index is 10.9. The molecular formula is C14H20BrN3O2. The van der Waals surface area contributed by atoms with Gasteiger partial charge in [0.2, 0.25) is 0 Å². The topological polar surface area (TPSA) is 49.6 Å². The zero-order valence-corrected chi connectivity index (χ0v) is 13.5. The highest BCUT2D eigenvalue weighted by molar-refractivity contribution is 9.10. The second-order valence-corrected chi connectivity index (χ2v) is 6.34. The highest BCUT2D eigenvalue weighted by atomic mass is 79.9. The van der Waals surface area contributed by atoms with Crippen molar-refractivity contribution in [3.05, 3.63) is 38.3 Å². The van der Waals surface area contributed by atoms with E-state index in [9.17, 15) is 10.1 Å². The van der Waals surface area contributed by atoms with Crippen molar-refractivity contribution in [2.24, 2.45) is 0 Å². The standard InChI is InChI=1S/C14H20BrN3O2/c1-16-7-5-12(6-8-16)17(2)10-11-9-13(18(19)20)3-4-14(11)15/h3-4,9,12H,5-8,10H2,1-2H3. The second kappa shape index (κ2) is 6.65. The fourth-order valence-electron chi connectivity index (χ4n) is 2.63. The van der Waals surface area contributed by atoms with Crippen LogP contribution in [0, 0.1) is 10.1 Å². The van der Waals surface area contributed by atoms with E-state index in [-0.39, 0.29) is 10.6 Å². The lowest BCUT2D eigenvalue weighted by Crippen LogP contribution is -2.41. The third kappa shape index (κ3) is 3.77. The molecule has 1 aliphatic rings. The second-order valence-electron chi connectivity index (χ2n) is 5.48. The van der Waals surface area contributed by atoms with E-state index in [2.05, 4.69) is 39.8 Å². The monoisotopic (exact) mass is 341 g/mol. The fourth-order valence-corrected chi connectivity index (χ4v) is 3.00. The van der Waals surface area contributed by atoms with Crippen molar-refractivity contribution in [1.29, 1.82) is 0 Å². The van der Waals surface area contributed by atoms with Gasteiger partial charge in [-0.3, -0.25) is 15.0 Å². The number of likely N-dealkylation sites (tertiary alicyclic amines) is 1. The number of non-ortho nitro benzene ring substituents is 1. The summed E-state index contributed by atoms with van der Waals surface area (Å²) in [5.41, 5.74) is 1.13. The van der Waals surface area contributed by atoms with Crippen molar-refractivity contribution in [2.45, 2.75) is 25.4 Å². The highest BCUT2D eigenvalue weighted by Crippen LogP contribution is 2.25. The predicted octanol–water partition coefficient (Wildman–Crippen LogP) is 2.88. The van der Waals surface area contributed by atoms with Crippen LogP contribution in [0.2, 0.25) is 0 Å². The van der Waals surface area contributed by atoms with E-state index in [0.717, 1.165) is 42.5 Å². The maximum Gasteiger partial charge on any atom is 0.269 e. The first kappa shape index (κ1) is 15.4. The van der Waals surface area contributed by atoms with Gasteiger partial charge in [-0.1, -0.05) is 15.9 Å². The number of rotatable bonds is 4. The molecule has 1 saturated heterocycles. The third-order valence-electron chi connectivity index (χ3n) is 3.97. The summed E-state index contributed by atoms with van der Waals surface area (Å²) in [6.07, 6.45) is 2.30. The molecule has 1 aromatic carbocycles. The summed E-state index contributed by atoms with van der Waals surface area (Å²) in [5, 5.41) is 10.9. The van der Waals surface area contributed by atoms with E-state index in [4.69, 9.17) is 0 Å². The molecule has 0 aromatic heterocycles. The number of hydrogen-bond acceptors (Lipinski definition) is 4. The number of nitro groups is 1. The normalized spacial score (nSPS) is 17.6. The van der Waals surface area contributed by atoms with Crippen molar-refractivity contribution in [2.75, 3.05) is 27.2 Å². The van der Waals surface area contributed by atoms with Crippen molar-refractivity contribution in [3.8, 4) is 0 Å². The van der Waals surface area contributed by atoms with Gasteiger partial charge in [0.1, 0.15) is 0 Å². The van der Waals surface area contributed by atoms with Gasteiger partial charge < -0.3 is 4.90 Å². The van der Waals surface area contributed by atoms with Gasteiger partial charge in [0, 0.05) is 29.2 Å². The lowest BCUT2D eigenvalue weighted by molar-refractivity contribution is -0.384. The molecule has 0 saturated carbocycles. The molecule has 1 heterocycles. The van der Waals surface area contributed by atoms with Gasteiger partial charge in [-0.25, -0.2) is 0 Å². The van der Waals surface area contributed by atoms with Crippen LogP contribution in [0.25, 0.3) is 0 Å². The molecule has 0 spiro atoms. The van der Waals surface area contributed by atoms with Crippen molar-refractivity contribution < 1.29 is 4.92 Å². The zero-order valence-electron chi connectivity index (χ0n) is 11.9. The Hall–Kier alpha value is -0.980. The highest BCUT2D eigenvalue weighted by Gasteiger charge is 2.21. The van der Waals surface area contributed by atoms with Gasteiger partial charge in [-0.05, 0) is 51.7 Å². The average molecular weight is 342 g/mol. The maximum absolute atomic E-state index is 10.9. The third-order valence-corrected chi connectivity index (χ3v) is 4.74. The molecule has 20 heavy (non-hydrogen) atoms. The molecule has 0 atom stereocenters. The van der Waals surface area contributed by atoms with Crippen molar-refractivity contribution in [1.82, 2.24) is 9.80 Å². The minimum atomic E-state index is -0.342. The first-order valence-electron chi connectivity index (χ1n) is 6.79. The largest absolute Gasteiger partial charge is 0.306 e. The number of piperidine rings is 1. The first-order chi connectivity index (χ1) is 9.47. The van der Waals surface area contributed by atoms with Crippen LogP contribution < -0.4 is 0 Å². The molecule has 110 valence electrons. The smallest absolute Gasteiger partial charge is 0.269 e. The van der Waals surface area contributed by atoms with E-state index in [1.165, 1.54) is 6.07 Å². The predicted molar refractivity (Wildman–Crippen MR) is 82.8 cm³/mol. The minimum absolute atomic E-state index is 0.153. The van der Waals surface area contributed by atoms with E-state index in [0.29, 0.717) is 6.04 Å². The summed E-state index contributed by atoms with van der Waals surface area (Å²) in [6, 6.07) is 5.51. The quantitative estimate of drug-likeness (QED) is 0.624. The summed E-state index contributed by atoms with van der Waals surface area (Å²) in [6.45, 7) is 2.97. The molecule has 1 fully saturated rings. The molecule has 6 heteroatoms. The van der Waals surface area contributed by atoms with Crippen LogP contribution in [0.3, 0.4) is 0 Å². The summed E-state index contributed by atoms with van der Waals surface area (Å²) in [7, 11) is 4.24. The average Bonchev–Trinajstić information content (AvgIpc) is 2.41. The van der Waals surface area contributed by atoms with Gasteiger partial charge in [-0.2, -0.15) is 0 Å². The van der Waals surface area contributed by atoms with Crippen LogP contribution in [0.4, 0.5) is 5.69 Å². The van der Waals surface area contributed by atoms with Gasteiger partial charge >= 0.3 is 0 Å². The Kier molecular flexibility index (Phi) is 5.12. The summed E-state index contributed by atoms with van der Waals surface area (Å²) in [5.74, 6) is 0. The van der Waals surface area contributed by atoms with Gasteiger partial charge in [0.15, 0.2) is 0 Å². The molecule has 0 bridgehead atoms. The van der Waals surface area contributed by atoms with E-state index in [1.807, 2.05) is 0 Å². The number of nitrogens with zero attached hydrogens (tertiary/aromatic N) is 3. The van der Waals surface area contributed by atoms with Crippen molar-refractivity contribution in [3.63, 3.8) is 0 Å². The lowest BCUT2D eigenvalue weighted by Gasteiger charge is -2.35. The zero-order chi connectivity index (χ0) is 14.7. The van der Waals surface area contributed by atoms with Gasteiger partial charge in [-0.15, -0.1) is 0 Å². The van der Waals surface area contributed by atoms with Gasteiger partial charge in [0.05, 0.1) is 4.92 Å². The Morgan fingerprint density at radius 1 is 1.45 bits per heavy atom. The molecule has 0 unspecified atom stereocenters. The van der Waals surface area contributed by atoms with Crippen LogP contribution in [0.15, 0.2) is 22.7 Å². The molecule has 0 N–H and O–H groups in total. The van der Waals surface area contributed by atoms with Crippen LogP contribution in [-0.2, 0) is 6.54 Å². The summed E-state index contributed by atoms with van der Waals surface area (Å²) < 4.78 is 0.933. The lowest BCUT2D eigenvalue weighted by atomic mass is 10.0. The molecule has 1 aromatic rings. The molecule has 0 aliphatic carbocycles. The van der Waals surface area contributed by atoms with E-state index < -0.39 is 0 Å². The van der Waals surface area contributed by atoms with Crippen LogP contribution in [0.1, 0.15) is 18.4 Å². The minimum Gasteiger partial charge on any atom is -0.306 e. The Bertz CT molecular complexity index is 487. The summed E-state index contributed by atoms with van der Waals surface area (Å²) >= 11 is 3.48. The number of hydrogen-bond donors (Lipinski definition) is 0. The molecular weight excluding hydrogens is 322 g/mol. The first-order valence-corrected chi connectivity index (χ1v) is 7.58.